The average Bonchev–Trinajstić information content (AvgIpc) is 3.32. The van der Waals surface area contributed by atoms with Crippen molar-refractivity contribution in [2.75, 3.05) is 6.61 Å². The number of hydrogen-bond acceptors (Lipinski definition) is 15. The molecule has 16 heteroatoms. The SMILES string of the molecule is CC(=O)O[C@H]1C(=O)[C@]2(C)[C@@H](C)C[C@H]3OC[C@]3(OC(C)=O)[C@@H]2[C@@H](OC(=O)c2ccccc2)[C@]2(O)C[C@H](OC(=O)[C@H](OC(=O)CCC(=O)C(C)(C)C)[C@@H](NC(=O)c3ccccc3)c3ccccc3)C(C)[C@@H]1C2(C)C. The summed E-state index contributed by atoms with van der Waals surface area (Å²) in [6.45, 7) is 15.7. The van der Waals surface area contributed by atoms with Crippen molar-refractivity contribution in [2.45, 2.75) is 143 Å². The molecule has 3 saturated carbocycles. The highest BCUT2D eigenvalue weighted by Gasteiger charge is 2.79. The molecule has 72 heavy (non-hydrogen) atoms. The largest absolute Gasteiger partial charge is 0.459 e. The second kappa shape index (κ2) is 20.3. The summed E-state index contributed by atoms with van der Waals surface area (Å²) in [5.41, 5.74) is -7.24. The minimum Gasteiger partial charge on any atom is -0.459 e. The maximum atomic E-state index is 15.9. The number of benzene rings is 3. The second-order valence-corrected chi connectivity index (χ2v) is 21.9. The lowest BCUT2D eigenvalue weighted by Gasteiger charge is -2.69. The van der Waals surface area contributed by atoms with Crippen LogP contribution >= 0.6 is 0 Å². The van der Waals surface area contributed by atoms with Gasteiger partial charge in [0.05, 0.1) is 24.5 Å². The number of nitrogens with one attached hydrogen (secondary N) is 1. The molecule has 16 nitrogen and oxygen atoms in total. The van der Waals surface area contributed by atoms with Gasteiger partial charge in [-0.05, 0) is 42.2 Å². The zero-order valence-electron chi connectivity index (χ0n) is 42.6. The predicted molar refractivity (Wildman–Crippen MR) is 258 cm³/mol. The van der Waals surface area contributed by atoms with Crippen LogP contribution in [0.1, 0.15) is 127 Å². The summed E-state index contributed by atoms with van der Waals surface area (Å²) in [7, 11) is 0. The molecular formula is C56H67NO15. The van der Waals surface area contributed by atoms with E-state index in [1.165, 1.54) is 19.1 Å². The fourth-order valence-electron chi connectivity index (χ4n) is 12.0. The fourth-order valence-corrected chi connectivity index (χ4v) is 12.0. The lowest BCUT2D eigenvalue weighted by molar-refractivity contribution is -0.351. The van der Waals surface area contributed by atoms with E-state index in [9.17, 15) is 33.9 Å². The molecule has 3 aromatic carbocycles. The van der Waals surface area contributed by atoms with Crippen LogP contribution in [-0.2, 0) is 57.2 Å². The van der Waals surface area contributed by atoms with Crippen LogP contribution in [0.5, 0.6) is 0 Å². The van der Waals surface area contributed by atoms with Gasteiger partial charge >= 0.3 is 29.8 Å². The van der Waals surface area contributed by atoms with Crippen molar-refractivity contribution >= 4 is 47.3 Å². The van der Waals surface area contributed by atoms with Gasteiger partial charge in [-0.1, -0.05) is 122 Å². The molecule has 3 aromatic rings. The second-order valence-electron chi connectivity index (χ2n) is 21.9. The molecule has 1 amide bonds. The van der Waals surface area contributed by atoms with Gasteiger partial charge in [0, 0.05) is 60.3 Å². The van der Waals surface area contributed by atoms with Crippen molar-refractivity contribution in [3.05, 3.63) is 108 Å². The predicted octanol–water partition coefficient (Wildman–Crippen LogP) is 6.89. The Morgan fingerprint density at radius 3 is 1.92 bits per heavy atom. The molecule has 1 heterocycles. The monoisotopic (exact) mass is 993 g/mol. The van der Waals surface area contributed by atoms with Crippen LogP contribution in [0.4, 0.5) is 0 Å². The van der Waals surface area contributed by atoms with E-state index in [0.29, 0.717) is 5.56 Å². The Balaban J connectivity index is 1.39. The number of rotatable bonds is 14. The number of fused-ring (bicyclic) bond motifs is 5. The lowest BCUT2D eigenvalue weighted by Crippen LogP contribution is -2.82. The number of aliphatic hydroxyl groups is 1. The maximum absolute atomic E-state index is 15.9. The summed E-state index contributed by atoms with van der Waals surface area (Å²) in [6.07, 6.45) is -8.34. The van der Waals surface area contributed by atoms with Gasteiger partial charge in [0.15, 0.2) is 17.5 Å². The van der Waals surface area contributed by atoms with Crippen LogP contribution in [0.2, 0.25) is 0 Å². The van der Waals surface area contributed by atoms with Crippen molar-refractivity contribution in [1.29, 1.82) is 0 Å². The van der Waals surface area contributed by atoms with Gasteiger partial charge in [-0.3, -0.25) is 28.8 Å². The van der Waals surface area contributed by atoms with E-state index in [1.54, 1.807) is 127 Å². The Labute approximate surface area is 420 Å². The van der Waals surface area contributed by atoms with Crippen molar-refractivity contribution in [2.24, 2.45) is 39.9 Å². The van der Waals surface area contributed by atoms with Gasteiger partial charge in [0.25, 0.3) is 5.91 Å². The highest BCUT2D eigenvalue weighted by Crippen LogP contribution is 2.66. The van der Waals surface area contributed by atoms with Gasteiger partial charge in [0.1, 0.15) is 35.7 Å². The van der Waals surface area contributed by atoms with E-state index >= 15 is 9.59 Å². The first-order valence-corrected chi connectivity index (χ1v) is 24.6. The Morgan fingerprint density at radius 2 is 1.38 bits per heavy atom. The number of Topliss-reactive ketones (excluding diaryl/α,β-unsaturated/α-hetero) is 2. The quantitative estimate of drug-likeness (QED) is 0.124. The Bertz CT molecular complexity index is 2560. The Morgan fingerprint density at radius 1 is 0.792 bits per heavy atom. The van der Waals surface area contributed by atoms with E-state index in [2.05, 4.69) is 5.32 Å². The average molecular weight is 994 g/mol. The molecule has 7 rings (SSSR count). The number of carbonyl (C=O) groups excluding carboxylic acids is 8. The molecule has 1 aliphatic heterocycles. The number of amides is 1. The minimum atomic E-state index is -2.31. The first-order chi connectivity index (χ1) is 33.8. The highest BCUT2D eigenvalue weighted by molar-refractivity contribution is 5.95. The van der Waals surface area contributed by atoms with Crippen LogP contribution in [0.3, 0.4) is 0 Å². The van der Waals surface area contributed by atoms with Gasteiger partial charge < -0.3 is 38.8 Å². The normalized spacial score (nSPS) is 31.2. The third-order valence-corrected chi connectivity index (χ3v) is 16.1. The molecule has 0 radical (unpaired) electrons. The third-order valence-electron chi connectivity index (χ3n) is 16.1. The lowest BCUT2D eigenvalue weighted by atomic mass is 9.41. The molecular weight excluding hydrogens is 927 g/mol. The molecule has 4 aliphatic rings. The number of carbonyl (C=O) groups is 8. The third kappa shape index (κ3) is 9.83. The smallest absolute Gasteiger partial charge is 0.350 e. The summed E-state index contributed by atoms with van der Waals surface area (Å²) in [4.78, 5) is 113. The molecule has 2 N–H and O–H groups in total. The van der Waals surface area contributed by atoms with Crippen LogP contribution in [0.25, 0.3) is 0 Å². The van der Waals surface area contributed by atoms with E-state index in [4.69, 9.17) is 28.4 Å². The standard InChI is InChI=1S/C56H67NO15/c1-31-28-40-55(30-67-40,72-34(4)59)46-48(71-50(64)37-24-18-13-19-25-37)56(66)29-38(32(2)42(53(56,8)9)44(68-33(3)58)47(62)54(31,46)10)69-51(65)45(70-41(61)27-26-39(60)52(5,6)7)43(35-20-14-11-15-21-35)57-49(63)36-22-16-12-17-23-36/h11-25,31-32,38,40,42-46,48,66H,26-30H2,1-10H3,(H,57,63)/t31-,32?,38-,40+,42-,43-,44+,45+,46+,48+,54+,55+,56+/m0/s1. The zero-order chi connectivity index (χ0) is 52.7. The number of esters is 5. The molecule has 0 spiro atoms. The molecule has 2 bridgehead atoms. The summed E-state index contributed by atoms with van der Waals surface area (Å²) < 4.78 is 37.5. The molecule has 3 aliphatic carbocycles. The first kappa shape index (κ1) is 53.5. The van der Waals surface area contributed by atoms with E-state index in [0.717, 1.165) is 6.92 Å². The maximum Gasteiger partial charge on any atom is 0.350 e. The van der Waals surface area contributed by atoms with E-state index in [1.807, 2.05) is 6.92 Å². The summed E-state index contributed by atoms with van der Waals surface area (Å²) >= 11 is 0. The van der Waals surface area contributed by atoms with Crippen molar-refractivity contribution in [1.82, 2.24) is 5.32 Å². The number of ketones is 2. The van der Waals surface area contributed by atoms with Crippen LogP contribution in [-0.4, -0.2) is 101 Å². The Hall–Kier alpha value is -6.26. The fraction of sp³-hybridized carbons (Fsp3) is 0.536. The molecule has 4 fully saturated rings. The summed E-state index contributed by atoms with van der Waals surface area (Å²) in [5.74, 6) is -10.0. The van der Waals surface area contributed by atoms with E-state index < -0.39 is 142 Å². The topological polar surface area (TPSA) is 224 Å². The molecule has 13 atom stereocenters. The molecule has 386 valence electrons. The Kier molecular flexibility index (Phi) is 15.1. The first-order valence-electron chi connectivity index (χ1n) is 24.6. The molecule has 1 saturated heterocycles. The van der Waals surface area contributed by atoms with Crippen molar-refractivity contribution in [3.8, 4) is 0 Å². The van der Waals surface area contributed by atoms with Gasteiger partial charge in [-0.2, -0.15) is 0 Å². The zero-order valence-corrected chi connectivity index (χ0v) is 42.6. The van der Waals surface area contributed by atoms with E-state index in [-0.39, 0.29) is 36.4 Å². The van der Waals surface area contributed by atoms with Crippen molar-refractivity contribution < 1.29 is 71.9 Å². The van der Waals surface area contributed by atoms with Crippen LogP contribution in [0.15, 0.2) is 91.0 Å². The summed E-state index contributed by atoms with van der Waals surface area (Å²) in [5, 5.41) is 16.9. The highest BCUT2D eigenvalue weighted by atomic mass is 16.6. The van der Waals surface area contributed by atoms with Gasteiger partial charge in [-0.15, -0.1) is 0 Å². The van der Waals surface area contributed by atoms with Crippen molar-refractivity contribution in [3.63, 3.8) is 0 Å². The number of hydrogen-bond donors (Lipinski definition) is 2. The van der Waals surface area contributed by atoms with Crippen LogP contribution in [0, 0.1) is 39.9 Å². The van der Waals surface area contributed by atoms with Crippen LogP contribution < -0.4 is 5.32 Å². The number of ether oxygens (including phenoxy) is 6. The van der Waals surface area contributed by atoms with Gasteiger partial charge in [-0.25, -0.2) is 9.59 Å². The molecule has 0 aromatic heterocycles. The van der Waals surface area contributed by atoms with Gasteiger partial charge in [0.2, 0.25) is 6.10 Å². The minimum absolute atomic E-state index is 0.112. The molecule has 1 unspecified atom stereocenters. The summed E-state index contributed by atoms with van der Waals surface area (Å²) in [6, 6.07) is 23.1.